The number of esters is 1. The van der Waals surface area contributed by atoms with Gasteiger partial charge in [0.05, 0.1) is 7.11 Å². The monoisotopic (exact) mass is 281 g/mol. The summed E-state index contributed by atoms with van der Waals surface area (Å²) < 4.78 is 5.37. The molecule has 5 heteroatoms. The minimum atomic E-state index is -0.527. The van der Waals surface area contributed by atoms with Crippen molar-refractivity contribution in [1.82, 2.24) is 4.98 Å². The van der Waals surface area contributed by atoms with Gasteiger partial charge in [0.1, 0.15) is 11.4 Å². The zero-order valence-corrected chi connectivity index (χ0v) is 9.98. The van der Waals surface area contributed by atoms with Crippen molar-refractivity contribution in [3.05, 3.63) is 34.6 Å². The Labute approximate surface area is 100.0 Å². The topological polar surface area (TPSA) is 59.4 Å². The van der Waals surface area contributed by atoms with Crippen molar-refractivity contribution in [3.63, 3.8) is 0 Å². The van der Waals surface area contributed by atoms with E-state index < -0.39 is 5.97 Å². The number of phenols is 1. The predicted octanol–water partition coefficient (Wildman–Crippen LogP) is 2.49. The number of fused-ring (bicyclic) bond motifs is 1. The first-order chi connectivity index (χ1) is 7.63. The van der Waals surface area contributed by atoms with Crippen LogP contribution in [-0.4, -0.2) is 23.2 Å². The summed E-state index contributed by atoms with van der Waals surface area (Å²) in [6.45, 7) is 0. The molecule has 1 aromatic carbocycles. The summed E-state index contributed by atoms with van der Waals surface area (Å²) in [5, 5.41) is 11.0. The lowest BCUT2D eigenvalue weighted by atomic mass is 10.1. The predicted molar refractivity (Wildman–Crippen MR) is 62.4 cm³/mol. The third kappa shape index (κ3) is 1.74. The molecule has 0 aliphatic rings. The highest BCUT2D eigenvalue weighted by Gasteiger charge is 2.11. The first-order valence-corrected chi connectivity index (χ1v) is 5.28. The van der Waals surface area contributed by atoms with Gasteiger partial charge in [-0.25, -0.2) is 9.78 Å². The van der Waals surface area contributed by atoms with E-state index in [1.807, 2.05) is 0 Å². The maximum absolute atomic E-state index is 11.3. The van der Waals surface area contributed by atoms with E-state index in [1.54, 1.807) is 12.1 Å². The number of carbonyl (C=O) groups is 1. The van der Waals surface area contributed by atoms with Crippen LogP contribution >= 0.6 is 15.9 Å². The summed E-state index contributed by atoms with van der Waals surface area (Å²) >= 11 is 3.34. The minimum Gasteiger partial charge on any atom is -0.507 e. The second-order valence-electron chi connectivity index (χ2n) is 3.17. The van der Waals surface area contributed by atoms with E-state index >= 15 is 0 Å². The number of rotatable bonds is 1. The van der Waals surface area contributed by atoms with E-state index in [4.69, 9.17) is 0 Å². The van der Waals surface area contributed by atoms with E-state index in [1.165, 1.54) is 19.4 Å². The fourth-order valence-electron chi connectivity index (χ4n) is 1.41. The smallest absolute Gasteiger partial charge is 0.356 e. The van der Waals surface area contributed by atoms with Crippen molar-refractivity contribution < 1.29 is 14.6 Å². The van der Waals surface area contributed by atoms with Crippen LogP contribution in [0.2, 0.25) is 0 Å². The van der Waals surface area contributed by atoms with Crippen LogP contribution < -0.4 is 0 Å². The van der Waals surface area contributed by atoms with E-state index in [0.29, 0.717) is 5.39 Å². The van der Waals surface area contributed by atoms with Gasteiger partial charge in [0, 0.05) is 21.4 Å². The average molecular weight is 282 g/mol. The molecular weight excluding hydrogens is 274 g/mol. The molecule has 0 bridgehead atoms. The Bertz CT molecular complexity index is 568. The van der Waals surface area contributed by atoms with Gasteiger partial charge >= 0.3 is 5.97 Å². The zero-order valence-electron chi connectivity index (χ0n) is 8.40. The highest BCUT2D eigenvalue weighted by Crippen LogP contribution is 2.30. The van der Waals surface area contributed by atoms with E-state index in [-0.39, 0.29) is 11.4 Å². The molecule has 0 saturated heterocycles. The second kappa shape index (κ2) is 4.09. The van der Waals surface area contributed by atoms with Crippen LogP contribution in [0.5, 0.6) is 5.75 Å². The number of hydrogen-bond acceptors (Lipinski definition) is 4. The Morgan fingerprint density at radius 1 is 1.44 bits per heavy atom. The Hall–Kier alpha value is -1.62. The first-order valence-electron chi connectivity index (χ1n) is 4.49. The van der Waals surface area contributed by atoms with Crippen molar-refractivity contribution in [2.75, 3.05) is 7.11 Å². The van der Waals surface area contributed by atoms with Crippen LogP contribution in [0, 0.1) is 0 Å². The third-order valence-electron chi connectivity index (χ3n) is 2.22. The van der Waals surface area contributed by atoms with Gasteiger partial charge in [-0.2, -0.15) is 0 Å². The lowest BCUT2D eigenvalue weighted by molar-refractivity contribution is 0.0594. The Morgan fingerprint density at radius 3 is 2.88 bits per heavy atom. The Kier molecular flexibility index (Phi) is 2.78. The highest BCUT2D eigenvalue weighted by molar-refractivity contribution is 9.10. The number of carbonyl (C=O) groups excluding carboxylic acids is 1. The Morgan fingerprint density at radius 2 is 2.19 bits per heavy atom. The molecule has 0 aliphatic carbocycles. The number of ether oxygens (including phenoxy) is 1. The average Bonchev–Trinajstić information content (AvgIpc) is 2.32. The lowest BCUT2D eigenvalue weighted by Gasteiger charge is -2.04. The highest BCUT2D eigenvalue weighted by atomic mass is 79.9. The van der Waals surface area contributed by atoms with Crippen LogP contribution in [-0.2, 0) is 4.74 Å². The molecule has 0 aliphatic heterocycles. The summed E-state index contributed by atoms with van der Waals surface area (Å²) in [6.07, 6.45) is 1.52. The van der Waals surface area contributed by atoms with Crippen molar-refractivity contribution in [2.24, 2.45) is 0 Å². The number of hydrogen-bond donors (Lipinski definition) is 1. The van der Waals surface area contributed by atoms with Gasteiger partial charge in [0.25, 0.3) is 0 Å². The van der Waals surface area contributed by atoms with Crippen LogP contribution in [0.3, 0.4) is 0 Å². The van der Waals surface area contributed by atoms with Crippen molar-refractivity contribution in [1.29, 1.82) is 0 Å². The van der Waals surface area contributed by atoms with Crippen molar-refractivity contribution in [3.8, 4) is 5.75 Å². The molecule has 0 atom stereocenters. The number of aromatic nitrogens is 1. The maximum atomic E-state index is 11.3. The molecule has 1 N–H and O–H groups in total. The number of benzene rings is 1. The third-order valence-corrected chi connectivity index (χ3v) is 2.91. The van der Waals surface area contributed by atoms with Crippen LogP contribution in [0.4, 0.5) is 0 Å². The van der Waals surface area contributed by atoms with Gasteiger partial charge in [-0.1, -0.05) is 15.9 Å². The van der Waals surface area contributed by atoms with Gasteiger partial charge in [0.15, 0.2) is 0 Å². The van der Waals surface area contributed by atoms with Gasteiger partial charge < -0.3 is 9.84 Å². The summed E-state index contributed by atoms with van der Waals surface area (Å²) in [5.74, 6) is -0.424. The summed E-state index contributed by atoms with van der Waals surface area (Å²) in [7, 11) is 1.29. The molecular formula is C11H8BrNO3. The molecule has 82 valence electrons. The number of halogens is 1. The standard InChI is InChI=1S/C11H8BrNO3/c1-16-11(15)9-4-6-7(5-13-9)8(12)2-3-10(6)14/h2-5,14H,1H3. The number of pyridine rings is 1. The molecule has 4 nitrogen and oxygen atoms in total. The fraction of sp³-hybridized carbons (Fsp3) is 0.0909. The second-order valence-corrected chi connectivity index (χ2v) is 4.03. The zero-order chi connectivity index (χ0) is 11.7. The Balaban J connectivity index is 2.70. The quantitative estimate of drug-likeness (QED) is 0.816. The van der Waals surface area contributed by atoms with Crippen LogP contribution in [0.25, 0.3) is 10.8 Å². The summed E-state index contributed by atoms with van der Waals surface area (Å²) in [6, 6.07) is 4.77. The van der Waals surface area contributed by atoms with Crippen LogP contribution in [0.15, 0.2) is 28.9 Å². The molecule has 0 amide bonds. The van der Waals surface area contributed by atoms with Crippen molar-refractivity contribution in [2.45, 2.75) is 0 Å². The molecule has 0 fully saturated rings. The maximum Gasteiger partial charge on any atom is 0.356 e. The lowest BCUT2D eigenvalue weighted by Crippen LogP contribution is -2.03. The molecule has 16 heavy (non-hydrogen) atoms. The molecule has 2 aromatic rings. The molecule has 1 aromatic heterocycles. The van der Waals surface area contributed by atoms with Crippen molar-refractivity contribution >= 4 is 32.7 Å². The molecule has 0 unspecified atom stereocenters. The number of nitrogens with zero attached hydrogens (tertiary/aromatic N) is 1. The SMILES string of the molecule is COC(=O)c1cc2c(O)ccc(Br)c2cn1. The number of phenolic OH excluding ortho intramolecular Hbond substituents is 1. The minimum absolute atomic E-state index is 0.103. The normalized spacial score (nSPS) is 10.4. The number of methoxy groups -OCH3 is 1. The number of aromatic hydroxyl groups is 1. The van der Waals surface area contributed by atoms with Gasteiger partial charge in [-0.3, -0.25) is 0 Å². The van der Waals surface area contributed by atoms with Crippen LogP contribution in [0.1, 0.15) is 10.5 Å². The summed E-state index contributed by atoms with van der Waals surface area (Å²) in [4.78, 5) is 15.2. The molecule has 1 heterocycles. The summed E-state index contributed by atoms with van der Waals surface area (Å²) in [5.41, 5.74) is 0.170. The largest absolute Gasteiger partial charge is 0.507 e. The first kappa shape index (κ1) is 10.9. The molecule has 0 saturated carbocycles. The fourth-order valence-corrected chi connectivity index (χ4v) is 1.85. The van der Waals surface area contributed by atoms with E-state index in [2.05, 4.69) is 25.7 Å². The van der Waals surface area contributed by atoms with Gasteiger partial charge in [-0.05, 0) is 18.2 Å². The molecule has 2 rings (SSSR count). The van der Waals surface area contributed by atoms with Gasteiger partial charge in [-0.15, -0.1) is 0 Å². The molecule has 0 radical (unpaired) electrons. The molecule has 0 spiro atoms. The van der Waals surface area contributed by atoms with Gasteiger partial charge in [0.2, 0.25) is 0 Å². The van der Waals surface area contributed by atoms with E-state index in [0.717, 1.165) is 9.86 Å². The van der Waals surface area contributed by atoms with E-state index in [9.17, 15) is 9.90 Å².